The van der Waals surface area contributed by atoms with E-state index in [1.54, 1.807) is 0 Å². The molecule has 4 heteroatoms. The van der Waals surface area contributed by atoms with Gasteiger partial charge in [0, 0.05) is 19.6 Å². The second-order valence-electron chi connectivity index (χ2n) is 3.03. The first-order valence-corrected chi connectivity index (χ1v) is 4.47. The minimum Gasteiger partial charge on any atom is -0.379 e. The van der Waals surface area contributed by atoms with E-state index in [0.29, 0.717) is 0 Å². The first-order valence-electron chi connectivity index (χ1n) is 4.47. The number of morpholine rings is 2. The van der Waals surface area contributed by atoms with Crippen LogP contribution in [0.25, 0.3) is 0 Å². The molecule has 2 rings (SSSR count). The quantitative estimate of drug-likeness (QED) is 0.572. The molecule has 1 radical (unpaired) electrons. The van der Waals surface area contributed by atoms with Crippen LogP contribution in [0.15, 0.2) is 0 Å². The SMILES string of the molecule is [CH]1NCCOC1N1CCOCC1. The van der Waals surface area contributed by atoms with Crippen molar-refractivity contribution < 1.29 is 9.47 Å². The fraction of sp³-hybridized carbons (Fsp3) is 0.875. The molecule has 0 aromatic carbocycles. The van der Waals surface area contributed by atoms with E-state index >= 15 is 0 Å². The molecule has 2 aliphatic rings. The van der Waals surface area contributed by atoms with Crippen LogP contribution in [0.4, 0.5) is 0 Å². The third-order valence-corrected chi connectivity index (χ3v) is 2.20. The summed E-state index contributed by atoms with van der Waals surface area (Å²) in [7, 11) is 0. The summed E-state index contributed by atoms with van der Waals surface area (Å²) in [6.45, 7) is 7.36. The van der Waals surface area contributed by atoms with Gasteiger partial charge in [-0.2, -0.15) is 0 Å². The van der Waals surface area contributed by atoms with E-state index in [0.717, 1.165) is 39.5 Å². The third-order valence-electron chi connectivity index (χ3n) is 2.20. The lowest BCUT2D eigenvalue weighted by Crippen LogP contribution is -2.50. The second-order valence-corrected chi connectivity index (χ2v) is 3.03. The Balaban J connectivity index is 1.80. The molecule has 2 aliphatic heterocycles. The zero-order chi connectivity index (χ0) is 8.23. The molecule has 1 unspecified atom stereocenters. The average Bonchev–Trinajstić information content (AvgIpc) is 2.21. The van der Waals surface area contributed by atoms with Crippen molar-refractivity contribution in [2.75, 3.05) is 39.5 Å². The standard InChI is InChI=1S/C8H15N2O2/c1-4-12-8(7-9-1)10-2-5-11-6-3-10/h7-9H,1-6H2. The van der Waals surface area contributed by atoms with E-state index in [9.17, 15) is 0 Å². The van der Waals surface area contributed by atoms with Gasteiger partial charge in [0.1, 0.15) is 6.23 Å². The van der Waals surface area contributed by atoms with Gasteiger partial charge in [-0.25, -0.2) is 0 Å². The molecule has 0 spiro atoms. The zero-order valence-corrected chi connectivity index (χ0v) is 7.16. The molecular formula is C8H15N2O2. The van der Waals surface area contributed by atoms with Gasteiger partial charge in [0.25, 0.3) is 0 Å². The summed E-state index contributed by atoms with van der Waals surface area (Å²) in [5.41, 5.74) is 0. The predicted molar refractivity (Wildman–Crippen MR) is 44.4 cm³/mol. The van der Waals surface area contributed by atoms with E-state index < -0.39 is 0 Å². The molecule has 1 atom stereocenters. The Hall–Kier alpha value is -0.160. The van der Waals surface area contributed by atoms with Crippen molar-refractivity contribution in [3.05, 3.63) is 6.54 Å². The molecule has 4 nitrogen and oxygen atoms in total. The van der Waals surface area contributed by atoms with Gasteiger partial charge in [-0.15, -0.1) is 0 Å². The van der Waals surface area contributed by atoms with Gasteiger partial charge in [-0.3, -0.25) is 4.90 Å². The van der Waals surface area contributed by atoms with Crippen LogP contribution >= 0.6 is 0 Å². The van der Waals surface area contributed by atoms with Gasteiger partial charge in [0.15, 0.2) is 0 Å². The molecule has 1 N–H and O–H groups in total. The Bertz CT molecular complexity index is 115. The molecule has 0 amide bonds. The highest BCUT2D eigenvalue weighted by Crippen LogP contribution is 2.09. The van der Waals surface area contributed by atoms with Gasteiger partial charge < -0.3 is 14.8 Å². The van der Waals surface area contributed by atoms with Crippen LogP contribution in [-0.4, -0.2) is 50.6 Å². The van der Waals surface area contributed by atoms with Gasteiger partial charge in [0.2, 0.25) is 0 Å². The molecule has 0 aliphatic carbocycles. The van der Waals surface area contributed by atoms with Crippen LogP contribution in [0.2, 0.25) is 0 Å². The Morgan fingerprint density at radius 3 is 2.75 bits per heavy atom. The molecule has 0 saturated carbocycles. The Kier molecular flexibility index (Phi) is 2.94. The van der Waals surface area contributed by atoms with Crippen molar-refractivity contribution in [1.82, 2.24) is 10.2 Å². The molecule has 69 valence electrons. The minimum absolute atomic E-state index is 0.155. The van der Waals surface area contributed by atoms with Crippen molar-refractivity contribution in [3.63, 3.8) is 0 Å². The Morgan fingerprint density at radius 2 is 2.08 bits per heavy atom. The van der Waals surface area contributed by atoms with Gasteiger partial charge >= 0.3 is 0 Å². The van der Waals surface area contributed by atoms with Crippen molar-refractivity contribution in [2.24, 2.45) is 0 Å². The van der Waals surface area contributed by atoms with Crippen molar-refractivity contribution in [3.8, 4) is 0 Å². The molecule has 0 aromatic rings. The maximum atomic E-state index is 5.57. The number of rotatable bonds is 1. The van der Waals surface area contributed by atoms with E-state index in [4.69, 9.17) is 9.47 Å². The largest absolute Gasteiger partial charge is 0.379 e. The number of hydrogen-bond acceptors (Lipinski definition) is 4. The highest BCUT2D eigenvalue weighted by atomic mass is 16.5. The summed E-state index contributed by atoms with van der Waals surface area (Å²) in [4.78, 5) is 2.29. The zero-order valence-electron chi connectivity index (χ0n) is 7.16. The van der Waals surface area contributed by atoms with Crippen LogP contribution in [0.1, 0.15) is 0 Å². The number of hydrogen-bond donors (Lipinski definition) is 1. The van der Waals surface area contributed by atoms with Crippen molar-refractivity contribution in [1.29, 1.82) is 0 Å². The summed E-state index contributed by atoms with van der Waals surface area (Å²) in [6, 6.07) is 0. The van der Waals surface area contributed by atoms with Crippen LogP contribution in [0, 0.1) is 6.54 Å². The fourth-order valence-electron chi connectivity index (χ4n) is 1.51. The second kappa shape index (κ2) is 4.18. The fourth-order valence-corrected chi connectivity index (χ4v) is 1.51. The van der Waals surface area contributed by atoms with Crippen molar-refractivity contribution >= 4 is 0 Å². The number of nitrogens with zero attached hydrogens (tertiary/aromatic N) is 1. The maximum Gasteiger partial charge on any atom is 0.127 e. The average molecular weight is 171 g/mol. The molecule has 12 heavy (non-hydrogen) atoms. The molecule has 0 bridgehead atoms. The van der Waals surface area contributed by atoms with Gasteiger partial charge in [-0.1, -0.05) is 0 Å². The monoisotopic (exact) mass is 171 g/mol. The first kappa shape index (κ1) is 8.44. The van der Waals surface area contributed by atoms with Crippen LogP contribution in [0.3, 0.4) is 0 Å². The molecule has 2 heterocycles. The topological polar surface area (TPSA) is 33.7 Å². The van der Waals surface area contributed by atoms with Gasteiger partial charge in [-0.05, 0) is 0 Å². The summed E-state index contributed by atoms with van der Waals surface area (Å²) >= 11 is 0. The van der Waals surface area contributed by atoms with Crippen LogP contribution in [0.5, 0.6) is 0 Å². The maximum absolute atomic E-state index is 5.57. The summed E-state index contributed by atoms with van der Waals surface area (Å²) in [6.07, 6.45) is 0.155. The summed E-state index contributed by atoms with van der Waals surface area (Å²) in [5.74, 6) is 0. The highest BCUT2D eigenvalue weighted by molar-refractivity contribution is 4.80. The first-order chi connectivity index (χ1) is 5.97. The number of nitrogens with one attached hydrogen (secondary N) is 1. The predicted octanol–water partition coefficient (Wildman–Crippen LogP) is -0.574. The molecule has 0 aromatic heterocycles. The molecular weight excluding hydrogens is 156 g/mol. The summed E-state index contributed by atoms with van der Waals surface area (Å²) in [5, 5.41) is 3.20. The van der Waals surface area contributed by atoms with E-state index in [1.807, 2.05) is 6.54 Å². The lowest BCUT2D eigenvalue weighted by Gasteiger charge is -2.36. The summed E-state index contributed by atoms with van der Waals surface area (Å²) < 4.78 is 10.8. The Labute approximate surface area is 72.8 Å². The van der Waals surface area contributed by atoms with Crippen LogP contribution < -0.4 is 5.32 Å². The van der Waals surface area contributed by atoms with E-state index in [1.165, 1.54) is 0 Å². The van der Waals surface area contributed by atoms with E-state index in [2.05, 4.69) is 10.2 Å². The highest BCUT2D eigenvalue weighted by Gasteiger charge is 2.23. The lowest BCUT2D eigenvalue weighted by atomic mass is 10.3. The smallest absolute Gasteiger partial charge is 0.127 e. The van der Waals surface area contributed by atoms with Crippen molar-refractivity contribution in [2.45, 2.75) is 6.23 Å². The third kappa shape index (κ3) is 1.95. The van der Waals surface area contributed by atoms with E-state index in [-0.39, 0.29) is 6.23 Å². The normalized spacial score (nSPS) is 33.5. The Morgan fingerprint density at radius 1 is 1.25 bits per heavy atom. The lowest BCUT2D eigenvalue weighted by molar-refractivity contribution is -0.0920. The number of ether oxygens (including phenoxy) is 2. The molecule has 2 saturated heterocycles. The van der Waals surface area contributed by atoms with Gasteiger partial charge in [0.05, 0.1) is 26.4 Å². The molecule has 2 fully saturated rings. The minimum atomic E-state index is 0.155. The van der Waals surface area contributed by atoms with Crippen LogP contribution in [-0.2, 0) is 9.47 Å².